The molecule has 27 heavy (non-hydrogen) atoms. The van der Waals surface area contributed by atoms with Gasteiger partial charge in [0.2, 0.25) is 0 Å². The zero-order valence-electron chi connectivity index (χ0n) is 15.6. The third kappa shape index (κ3) is 4.35. The van der Waals surface area contributed by atoms with Crippen LogP contribution in [0.5, 0.6) is 0 Å². The summed E-state index contributed by atoms with van der Waals surface area (Å²) in [6.45, 7) is 2.13. The van der Waals surface area contributed by atoms with Gasteiger partial charge in [0.15, 0.2) is 5.17 Å². The summed E-state index contributed by atoms with van der Waals surface area (Å²) in [5.41, 5.74) is 3.22. The molecule has 2 fully saturated rings. The van der Waals surface area contributed by atoms with E-state index in [1.807, 2.05) is 18.2 Å². The van der Waals surface area contributed by atoms with Gasteiger partial charge in [-0.15, -0.1) is 0 Å². The summed E-state index contributed by atoms with van der Waals surface area (Å²) in [6, 6.07) is 10.8. The van der Waals surface area contributed by atoms with Gasteiger partial charge in [-0.25, -0.2) is 4.99 Å². The predicted octanol–water partition coefficient (Wildman–Crippen LogP) is 5.45. The Hall–Kier alpha value is -2.27. The van der Waals surface area contributed by atoms with Gasteiger partial charge in [0.05, 0.1) is 10.6 Å². The molecular formula is C22H25N3OS. The Morgan fingerprint density at radius 1 is 1.19 bits per heavy atom. The number of aryl methyl sites for hydroxylation is 1. The zero-order valence-corrected chi connectivity index (χ0v) is 16.5. The molecule has 2 heterocycles. The number of benzene rings is 1. The fraction of sp³-hybridized carbons (Fsp3) is 0.364. The van der Waals surface area contributed by atoms with Gasteiger partial charge in [-0.2, -0.15) is 0 Å². The van der Waals surface area contributed by atoms with Crippen LogP contribution in [0.25, 0.3) is 6.08 Å². The van der Waals surface area contributed by atoms with Crippen LogP contribution in [0.1, 0.15) is 56.2 Å². The second-order valence-electron chi connectivity index (χ2n) is 7.19. The lowest BCUT2D eigenvalue weighted by atomic mass is 9.95. The first-order chi connectivity index (χ1) is 13.2. The lowest BCUT2D eigenvalue weighted by Gasteiger charge is -2.23. The molecule has 4 rings (SSSR count). The van der Waals surface area contributed by atoms with Gasteiger partial charge in [-0.1, -0.05) is 38.3 Å². The Labute approximate surface area is 164 Å². The first-order valence-electron chi connectivity index (χ1n) is 9.77. The molecule has 0 radical (unpaired) electrons. The van der Waals surface area contributed by atoms with E-state index in [1.54, 1.807) is 0 Å². The minimum atomic E-state index is -0.0747. The van der Waals surface area contributed by atoms with Crippen molar-refractivity contribution in [1.82, 2.24) is 9.88 Å². The normalized spacial score (nSPS) is 21.1. The molecule has 1 amide bonds. The van der Waals surface area contributed by atoms with Crippen LogP contribution in [-0.4, -0.2) is 15.6 Å². The van der Waals surface area contributed by atoms with Gasteiger partial charge in [0.25, 0.3) is 5.91 Å². The van der Waals surface area contributed by atoms with Gasteiger partial charge < -0.3 is 9.88 Å². The number of hydrogen-bond acceptors (Lipinski definition) is 3. The van der Waals surface area contributed by atoms with Crippen LogP contribution in [0, 0.1) is 0 Å². The number of aromatic nitrogens is 1. The number of rotatable bonds is 4. The molecule has 0 atom stereocenters. The van der Waals surface area contributed by atoms with Crippen molar-refractivity contribution >= 4 is 34.6 Å². The van der Waals surface area contributed by atoms with Gasteiger partial charge in [-0.05, 0) is 66.4 Å². The summed E-state index contributed by atoms with van der Waals surface area (Å²) >= 11 is 1.40. The molecule has 1 N–H and O–H groups in total. The second kappa shape index (κ2) is 8.17. The average molecular weight is 380 g/mol. The number of nitrogens with one attached hydrogen (secondary N) is 1. The van der Waals surface area contributed by atoms with Crippen LogP contribution in [-0.2, 0) is 11.2 Å². The number of carbonyl (C=O) groups is 1. The molecular weight excluding hydrogens is 354 g/mol. The Kier molecular flexibility index (Phi) is 5.48. The second-order valence-corrected chi connectivity index (χ2v) is 8.22. The molecule has 0 bridgehead atoms. The maximum Gasteiger partial charge on any atom is 0.264 e. The zero-order chi connectivity index (χ0) is 18.6. The molecule has 4 nitrogen and oxygen atoms in total. The molecule has 5 heteroatoms. The Morgan fingerprint density at radius 2 is 1.96 bits per heavy atom. The topological polar surface area (TPSA) is 46.4 Å². The third-order valence-corrected chi connectivity index (χ3v) is 6.17. The summed E-state index contributed by atoms with van der Waals surface area (Å²) < 4.78 is 2.31. The fourth-order valence-electron chi connectivity index (χ4n) is 3.68. The highest BCUT2D eigenvalue weighted by Gasteiger charge is 2.24. The lowest BCUT2D eigenvalue weighted by Crippen LogP contribution is -2.19. The van der Waals surface area contributed by atoms with Gasteiger partial charge in [-0.3, -0.25) is 4.79 Å². The number of nitrogens with zero attached hydrogens (tertiary/aromatic N) is 2. The first kappa shape index (κ1) is 18.1. The van der Waals surface area contributed by atoms with Crippen molar-refractivity contribution in [3.05, 3.63) is 58.8 Å². The molecule has 1 saturated heterocycles. The molecule has 140 valence electrons. The molecule has 0 unspecified atom stereocenters. The number of amidine groups is 1. The van der Waals surface area contributed by atoms with Crippen LogP contribution in [0.3, 0.4) is 0 Å². The number of aliphatic imine (C=N–C) groups is 1. The summed E-state index contributed by atoms with van der Waals surface area (Å²) in [4.78, 5) is 17.6. The van der Waals surface area contributed by atoms with Crippen molar-refractivity contribution in [3.8, 4) is 0 Å². The summed E-state index contributed by atoms with van der Waals surface area (Å²) in [7, 11) is 0. The van der Waals surface area contributed by atoms with E-state index in [9.17, 15) is 4.79 Å². The largest absolute Gasteiger partial charge is 0.351 e. The molecule has 2 aliphatic rings. The standard InChI is InChI=1S/C22H25N3OS/c1-2-16-8-10-18(11-9-16)23-22-24-21(26)20(27-22)14-17-12-13-25(15-17)19-6-4-3-5-7-19/h8-15,19H,2-7H2,1H3,(H,23,24,26)/b20-14+. The first-order valence-corrected chi connectivity index (χ1v) is 10.6. The van der Waals surface area contributed by atoms with Crippen LogP contribution < -0.4 is 5.32 Å². The minimum Gasteiger partial charge on any atom is -0.351 e. The highest BCUT2D eigenvalue weighted by Crippen LogP contribution is 2.31. The van der Waals surface area contributed by atoms with E-state index < -0.39 is 0 Å². The predicted molar refractivity (Wildman–Crippen MR) is 113 cm³/mol. The summed E-state index contributed by atoms with van der Waals surface area (Å²) in [5.74, 6) is -0.0747. The molecule has 1 aromatic heterocycles. The van der Waals surface area contributed by atoms with E-state index in [0.717, 1.165) is 17.7 Å². The highest BCUT2D eigenvalue weighted by atomic mass is 32.2. The van der Waals surface area contributed by atoms with Crippen molar-refractivity contribution in [1.29, 1.82) is 0 Å². The van der Waals surface area contributed by atoms with Crippen LogP contribution in [0.4, 0.5) is 5.69 Å². The Balaban J connectivity index is 1.47. The van der Waals surface area contributed by atoms with Gasteiger partial charge >= 0.3 is 0 Å². The SMILES string of the molecule is CCc1ccc(N=C2NC(=O)/C(=C\c3ccn(C4CCCCC4)c3)S2)cc1. The Morgan fingerprint density at radius 3 is 2.70 bits per heavy atom. The van der Waals surface area contributed by atoms with Crippen LogP contribution in [0.15, 0.2) is 52.6 Å². The smallest absolute Gasteiger partial charge is 0.264 e. The van der Waals surface area contributed by atoms with Gasteiger partial charge in [0.1, 0.15) is 0 Å². The van der Waals surface area contributed by atoms with E-state index in [4.69, 9.17) is 0 Å². The molecule has 1 saturated carbocycles. The van der Waals surface area contributed by atoms with E-state index in [2.05, 4.69) is 52.4 Å². The maximum atomic E-state index is 12.3. The highest BCUT2D eigenvalue weighted by molar-refractivity contribution is 8.18. The number of carbonyl (C=O) groups excluding carboxylic acids is 1. The van der Waals surface area contributed by atoms with E-state index in [-0.39, 0.29) is 5.91 Å². The molecule has 1 aliphatic carbocycles. The number of thioether (sulfide) groups is 1. The van der Waals surface area contributed by atoms with Crippen molar-refractivity contribution in [3.63, 3.8) is 0 Å². The number of hydrogen-bond donors (Lipinski definition) is 1. The van der Waals surface area contributed by atoms with E-state index in [1.165, 1.54) is 49.4 Å². The minimum absolute atomic E-state index is 0.0747. The van der Waals surface area contributed by atoms with E-state index >= 15 is 0 Å². The number of amides is 1. The quantitative estimate of drug-likeness (QED) is 0.718. The third-order valence-electron chi connectivity index (χ3n) is 5.26. The molecule has 2 aromatic rings. The maximum absolute atomic E-state index is 12.3. The van der Waals surface area contributed by atoms with E-state index in [0.29, 0.717) is 16.1 Å². The fourth-order valence-corrected chi connectivity index (χ4v) is 4.52. The molecule has 1 aliphatic heterocycles. The molecule has 1 aromatic carbocycles. The van der Waals surface area contributed by atoms with Gasteiger partial charge in [0, 0.05) is 18.4 Å². The molecule has 0 spiro atoms. The van der Waals surface area contributed by atoms with Crippen molar-refractivity contribution in [2.75, 3.05) is 0 Å². The van der Waals surface area contributed by atoms with Crippen LogP contribution in [0.2, 0.25) is 0 Å². The van der Waals surface area contributed by atoms with Crippen molar-refractivity contribution in [2.24, 2.45) is 4.99 Å². The average Bonchev–Trinajstić information content (AvgIpc) is 3.30. The monoisotopic (exact) mass is 379 g/mol. The summed E-state index contributed by atoms with van der Waals surface area (Å²) in [6.07, 6.45) is 13.8. The van der Waals surface area contributed by atoms with Crippen molar-refractivity contribution < 1.29 is 4.79 Å². The Bertz CT molecular complexity index is 873. The lowest BCUT2D eigenvalue weighted by molar-refractivity contribution is -0.115. The van der Waals surface area contributed by atoms with Crippen LogP contribution >= 0.6 is 11.8 Å². The summed E-state index contributed by atoms with van der Waals surface area (Å²) in [5, 5.41) is 3.51. The van der Waals surface area contributed by atoms with Crippen molar-refractivity contribution in [2.45, 2.75) is 51.5 Å².